The number of methoxy groups -OCH3 is 1. The maximum absolute atomic E-state index is 12.5. The van der Waals surface area contributed by atoms with E-state index in [-0.39, 0.29) is 34.4 Å². The van der Waals surface area contributed by atoms with Gasteiger partial charge in [0, 0.05) is 33.6 Å². The summed E-state index contributed by atoms with van der Waals surface area (Å²) in [4.78, 5) is 24.1. The van der Waals surface area contributed by atoms with Gasteiger partial charge < -0.3 is 14.8 Å². The average Bonchev–Trinajstić information content (AvgIpc) is 2.67. The zero-order valence-corrected chi connectivity index (χ0v) is 20.7. The van der Waals surface area contributed by atoms with E-state index in [0.717, 1.165) is 5.56 Å². The second-order valence-corrected chi connectivity index (χ2v) is 11.6. The second-order valence-electron chi connectivity index (χ2n) is 9.79. The summed E-state index contributed by atoms with van der Waals surface area (Å²) in [7, 11) is -2.66. The van der Waals surface area contributed by atoms with E-state index in [2.05, 4.69) is 26.1 Å². The van der Waals surface area contributed by atoms with Crippen molar-refractivity contribution in [3.8, 4) is 17.2 Å². The first-order chi connectivity index (χ1) is 15.9. The van der Waals surface area contributed by atoms with Gasteiger partial charge in [0.1, 0.15) is 11.5 Å². The topological polar surface area (TPSA) is 64.6 Å². The maximum Gasteiger partial charge on any atom is 0.229 e. The molecule has 2 aromatic carbocycles. The van der Waals surface area contributed by atoms with Crippen LogP contribution in [0.2, 0.25) is 0 Å². The van der Waals surface area contributed by atoms with Crippen LogP contribution in [0.3, 0.4) is 0 Å². The van der Waals surface area contributed by atoms with Crippen molar-refractivity contribution in [3.63, 3.8) is 0 Å². The van der Waals surface area contributed by atoms with E-state index in [4.69, 9.17) is 13.6 Å². The lowest BCUT2D eigenvalue weighted by Crippen LogP contribution is -2.27. The van der Waals surface area contributed by atoms with E-state index in [1.807, 2.05) is 26.8 Å². The molecule has 5 nitrogen and oxygen atoms in total. The normalized spacial score (nSPS) is 13.5. The molecule has 0 unspecified atom stereocenters. The number of amides is 1. The van der Waals surface area contributed by atoms with Crippen LogP contribution in [0.4, 0.5) is 5.69 Å². The Bertz CT molecular complexity index is 1070. The van der Waals surface area contributed by atoms with Crippen LogP contribution in [0.15, 0.2) is 36.4 Å². The molecule has 0 saturated carbocycles. The predicted octanol–water partition coefficient (Wildman–Crippen LogP) is 6.64. The number of carbonyl (C=O) groups excluding carboxylic acids is 2. The average molecular weight is 461 g/mol. The molecule has 0 heterocycles. The van der Waals surface area contributed by atoms with Gasteiger partial charge in [-0.25, -0.2) is 0 Å². The van der Waals surface area contributed by atoms with Gasteiger partial charge in [-0.3, -0.25) is 9.59 Å². The van der Waals surface area contributed by atoms with E-state index >= 15 is 0 Å². The van der Waals surface area contributed by atoms with Gasteiger partial charge in [-0.15, -0.1) is 0 Å². The molecule has 1 amide bonds. The van der Waals surface area contributed by atoms with Gasteiger partial charge in [0.15, 0.2) is 11.5 Å². The molecule has 32 heavy (non-hydrogen) atoms. The lowest BCUT2D eigenvalue weighted by atomic mass is 9.95. The lowest BCUT2D eigenvalue weighted by Gasteiger charge is -2.21. The molecule has 0 bridgehead atoms. The Labute approximate surface area is 200 Å². The Morgan fingerprint density at radius 3 is 2.28 bits per heavy atom. The number of ketones is 1. The van der Waals surface area contributed by atoms with Crippen molar-refractivity contribution in [2.24, 2.45) is 5.41 Å². The molecule has 1 N–H and O–H groups in total. The summed E-state index contributed by atoms with van der Waals surface area (Å²) in [5.41, 5.74) is 1.61. The quantitative estimate of drug-likeness (QED) is 0.479. The van der Waals surface area contributed by atoms with Crippen LogP contribution >= 0.6 is 11.8 Å². The number of nitrogens with one attached hydrogen (secondary N) is 1. The van der Waals surface area contributed by atoms with Crippen molar-refractivity contribution in [2.45, 2.75) is 65.4 Å². The summed E-state index contributed by atoms with van der Waals surface area (Å²) in [6, 6.07) is 10.1. The van der Waals surface area contributed by atoms with Crippen LogP contribution in [0.25, 0.3) is 0 Å². The van der Waals surface area contributed by atoms with E-state index in [1.165, 1.54) is 13.0 Å². The number of ether oxygens (including phenoxy) is 2. The first-order valence-electron chi connectivity index (χ1n) is 12.0. The Morgan fingerprint density at radius 2 is 1.69 bits per heavy atom. The van der Waals surface area contributed by atoms with Crippen molar-refractivity contribution in [1.82, 2.24) is 0 Å². The molecule has 174 valence electrons. The Balaban J connectivity index is 2.48. The summed E-state index contributed by atoms with van der Waals surface area (Å²) in [5.74, 6) is 1.23. The minimum atomic E-state index is -2.66. The fourth-order valence-electron chi connectivity index (χ4n) is 2.71. The molecular formula is C26H35NO4S. The van der Waals surface area contributed by atoms with Gasteiger partial charge in [0.05, 0.1) is 11.2 Å². The summed E-state index contributed by atoms with van der Waals surface area (Å²) < 4.78 is 33.8. The van der Waals surface area contributed by atoms with Crippen molar-refractivity contribution in [3.05, 3.63) is 47.5 Å². The predicted molar refractivity (Wildman–Crippen MR) is 133 cm³/mol. The van der Waals surface area contributed by atoms with Crippen molar-refractivity contribution >= 4 is 29.1 Å². The van der Waals surface area contributed by atoms with Crippen LogP contribution < -0.4 is 14.8 Å². The molecule has 0 fully saturated rings. The molecule has 6 heteroatoms. The van der Waals surface area contributed by atoms with Crippen LogP contribution in [0, 0.1) is 5.41 Å². The van der Waals surface area contributed by atoms with Crippen molar-refractivity contribution < 1.29 is 23.2 Å². The van der Waals surface area contributed by atoms with Crippen LogP contribution in [-0.2, 0) is 21.8 Å². The largest absolute Gasteiger partial charge is 0.493 e. The Hall–Kier alpha value is -2.47. The minimum absolute atomic E-state index is 0.0150. The number of anilines is 1. The van der Waals surface area contributed by atoms with Crippen LogP contribution in [0.1, 0.15) is 63.7 Å². The maximum atomic E-state index is 12.5. The number of rotatable bonds is 8. The molecule has 0 spiro atoms. The van der Waals surface area contributed by atoms with E-state index in [9.17, 15) is 9.59 Å². The molecule has 0 aliphatic carbocycles. The monoisotopic (exact) mass is 460 g/mol. The van der Waals surface area contributed by atoms with E-state index in [1.54, 1.807) is 36.0 Å². The minimum Gasteiger partial charge on any atom is -0.493 e. The molecule has 0 radical (unpaired) electrons. The van der Waals surface area contributed by atoms with Gasteiger partial charge >= 0.3 is 0 Å². The molecule has 2 aromatic rings. The van der Waals surface area contributed by atoms with Gasteiger partial charge in [-0.05, 0) is 42.8 Å². The Kier molecular flexibility index (Phi) is 6.97. The number of benzene rings is 2. The summed E-state index contributed by atoms with van der Waals surface area (Å²) >= 11 is 1.71. The fraction of sp³-hybridized carbons (Fsp3) is 0.462. The van der Waals surface area contributed by atoms with Crippen molar-refractivity contribution in [1.29, 1.82) is 0 Å². The zero-order chi connectivity index (χ0) is 26.6. The Morgan fingerprint density at radius 1 is 1.00 bits per heavy atom. The molecular weight excluding hydrogens is 422 g/mol. The SMILES string of the molecule is [2H]C([2H])([2H])Oc1ccc(CC(C)=O)cc1Oc1ccc(NC(=O)C(C)(C)C)cc1CSC(C)(C)C. The third kappa shape index (κ3) is 7.90. The van der Waals surface area contributed by atoms with Crippen molar-refractivity contribution in [2.75, 3.05) is 12.4 Å². The highest BCUT2D eigenvalue weighted by Gasteiger charge is 2.22. The number of Topliss-reactive ketones (excluding diaryl/α,β-unsaturated/α-hetero) is 1. The highest BCUT2D eigenvalue weighted by Crippen LogP contribution is 2.38. The standard InChI is InChI=1S/C26H35NO4S/c1-17(28)13-18-9-11-22(30-8)23(14-18)31-21-12-10-20(27-24(29)25(2,3)4)15-19(21)16-32-26(5,6)7/h9-12,14-15H,13,16H2,1-8H3,(H,27,29)/i8D3. The molecule has 0 aliphatic rings. The van der Waals surface area contributed by atoms with Crippen LogP contribution in [-0.4, -0.2) is 23.5 Å². The summed E-state index contributed by atoms with van der Waals surface area (Å²) in [6.07, 6.45) is 0.189. The molecule has 0 aliphatic heterocycles. The smallest absolute Gasteiger partial charge is 0.229 e. The molecule has 2 rings (SSSR count). The highest BCUT2D eigenvalue weighted by molar-refractivity contribution is 7.99. The number of thioether (sulfide) groups is 1. The third-order valence-corrected chi connectivity index (χ3v) is 5.77. The van der Waals surface area contributed by atoms with E-state index in [0.29, 0.717) is 22.8 Å². The van der Waals surface area contributed by atoms with Gasteiger partial charge in [0.25, 0.3) is 0 Å². The van der Waals surface area contributed by atoms with E-state index < -0.39 is 12.5 Å². The second kappa shape index (κ2) is 10.4. The summed E-state index contributed by atoms with van der Waals surface area (Å²) in [5, 5.41) is 2.94. The van der Waals surface area contributed by atoms with Gasteiger partial charge in [-0.2, -0.15) is 11.8 Å². The van der Waals surface area contributed by atoms with Gasteiger partial charge in [0.2, 0.25) is 5.91 Å². The number of carbonyl (C=O) groups is 2. The van der Waals surface area contributed by atoms with Gasteiger partial charge in [-0.1, -0.05) is 47.6 Å². The number of hydrogen-bond donors (Lipinski definition) is 1. The fourth-order valence-corrected chi connectivity index (χ4v) is 3.53. The first kappa shape index (κ1) is 21.4. The molecule has 0 aromatic heterocycles. The lowest BCUT2D eigenvalue weighted by molar-refractivity contribution is -0.123. The molecule has 0 saturated heterocycles. The summed E-state index contributed by atoms with van der Waals surface area (Å²) in [6.45, 7) is 13.3. The number of hydrogen-bond acceptors (Lipinski definition) is 5. The molecule has 0 atom stereocenters. The first-order valence-corrected chi connectivity index (χ1v) is 11.5. The van der Waals surface area contributed by atoms with Crippen LogP contribution in [0.5, 0.6) is 17.2 Å². The third-order valence-electron chi connectivity index (χ3n) is 4.45. The highest BCUT2D eigenvalue weighted by atomic mass is 32.2. The zero-order valence-electron chi connectivity index (χ0n) is 22.9.